The Morgan fingerprint density at radius 3 is 2.80 bits per heavy atom. The number of hydrogen-bond donors (Lipinski definition) is 1. The van der Waals surface area contributed by atoms with Crippen LogP contribution in [0.1, 0.15) is 31.6 Å². The second-order valence-corrected chi connectivity index (χ2v) is 4.09. The summed E-state index contributed by atoms with van der Waals surface area (Å²) in [7, 11) is 4.20. The van der Waals surface area contributed by atoms with Crippen LogP contribution in [0.5, 0.6) is 0 Å². The van der Waals surface area contributed by atoms with Crippen LogP contribution in [-0.2, 0) is 0 Å². The predicted octanol–water partition coefficient (Wildman–Crippen LogP) is 2.27. The molecular formula is C12H22N2O. The van der Waals surface area contributed by atoms with Crippen LogP contribution >= 0.6 is 0 Å². The molecule has 0 saturated carbocycles. The maximum absolute atomic E-state index is 5.39. The van der Waals surface area contributed by atoms with Crippen LogP contribution in [0.15, 0.2) is 22.8 Å². The van der Waals surface area contributed by atoms with Crippen molar-refractivity contribution in [3.63, 3.8) is 0 Å². The maximum Gasteiger partial charge on any atom is 0.120 e. The quantitative estimate of drug-likeness (QED) is 0.700. The largest absolute Gasteiger partial charge is 0.468 e. The van der Waals surface area contributed by atoms with E-state index in [4.69, 9.17) is 4.42 Å². The van der Waals surface area contributed by atoms with Crippen LogP contribution in [0.4, 0.5) is 0 Å². The zero-order chi connectivity index (χ0) is 11.1. The van der Waals surface area contributed by atoms with E-state index in [0.29, 0.717) is 6.04 Å². The number of nitrogens with zero attached hydrogens (tertiary/aromatic N) is 1. The van der Waals surface area contributed by atoms with Gasteiger partial charge in [-0.25, -0.2) is 0 Å². The van der Waals surface area contributed by atoms with Crippen molar-refractivity contribution in [3.05, 3.63) is 24.2 Å². The summed E-state index contributed by atoms with van der Waals surface area (Å²) in [5, 5.41) is 3.51. The van der Waals surface area contributed by atoms with Crippen LogP contribution < -0.4 is 5.32 Å². The minimum atomic E-state index is 0.363. The molecule has 1 heterocycles. The zero-order valence-electron chi connectivity index (χ0n) is 9.99. The Morgan fingerprint density at radius 1 is 1.47 bits per heavy atom. The van der Waals surface area contributed by atoms with E-state index in [1.165, 1.54) is 6.42 Å². The Labute approximate surface area is 92.5 Å². The summed E-state index contributed by atoms with van der Waals surface area (Å²) in [6.45, 7) is 4.34. The predicted molar refractivity (Wildman–Crippen MR) is 62.9 cm³/mol. The van der Waals surface area contributed by atoms with Gasteiger partial charge < -0.3 is 14.6 Å². The molecule has 1 atom stereocenters. The number of nitrogens with one attached hydrogen (secondary N) is 1. The van der Waals surface area contributed by atoms with Crippen molar-refractivity contribution < 1.29 is 4.42 Å². The molecule has 0 aliphatic carbocycles. The minimum absolute atomic E-state index is 0.363. The zero-order valence-corrected chi connectivity index (χ0v) is 9.99. The summed E-state index contributed by atoms with van der Waals surface area (Å²) in [6, 6.07) is 4.34. The molecule has 0 spiro atoms. The Bertz CT molecular complexity index is 244. The molecule has 0 aromatic carbocycles. The van der Waals surface area contributed by atoms with Crippen molar-refractivity contribution in [2.45, 2.75) is 25.8 Å². The van der Waals surface area contributed by atoms with E-state index >= 15 is 0 Å². The van der Waals surface area contributed by atoms with Crippen molar-refractivity contribution in [1.29, 1.82) is 0 Å². The highest BCUT2D eigenvalue weighted by molar-refractivity contribution is 5.03. The fraction of sp³-hybridized carbons (Fsp3) is 0.667. The maximum atomic E-state index is 5.39. The van der Waals surface area contributed by atoms with Crippen molar-refractivity contribution >= 4 is 0 Å². The highest BCUT2D eigenvalue weighted by Gasteiger charge is 2.10. The van der Waals surface area contributed by atoms with Crippen molar-refractivity contribution in [2.24, 2.45) is 0 Å². The number of hydrogen-bond acceptors (Lipinski definition) is 3. The first-order valence-corrected chi connectivity index (χ1v) is 5.65. The highest BCUT2D eigenvalue weighted by atomic mass is 16.3. The second-order valence-electron chi connectivity index (χ2n) is 4.09. The third kappa shape index (κ3) is 4.49. The lowest BCUT2D eigenvalue weighted by atomic mass is 10.1. The normalized spacial score (nSPS) is 13.3. The molecule has 15 heavy (non-hydrogen) atoms. The lowest BCUT2D eigenvalue weighted by Crippen LogP contribution is -2.24. The molecule has 86 valence electrons. The molecule has 0 amide bonds. The van der Waals surface area contributed by atoms with E-state index in [1.807, 2.05) is 12.1 Å². The van der Waals surface area contributed by atoms with Gasteiger partial charge in [-0.15, -0.1) is 0 Å². The summed E-state index contributed by atoms with van der Waals surface area (Å²) in [5.74, 6) is 1.04. The van der Waals surface area contributed by atoms with Crippen LogP contribution in [0.25, 0.3) is 0 Å². The van der Waals surface area contributed by atoms with Gasteiger partial charge in [0.1, 0.15) is 5.76 Å². The molecule has 1 aromatic rings. The van der Waals surface area contributed by atoms with E-state index in [9.17, 15) is 0 Å². The van der Waals surface area contributed by atoms with Crippen LogP contribution in [0, 0.1) is 0 Å². The smallest absolute Gasteiger partial charge is 0.120 e. The van der Waals surface area contributed by atoms with Gasteiger partial charge in [-0.05, 0) is 52.2 Å². The molecule has 0 saturated heterocycles. The molecule has 1 rings (SSSR count). The van der Waals surface area contributed by atoms with Crippen LogP contribution in [-0.4, -0.2) is 32.1 Å². The van der Waals surface area contributed by atoms with Crippen molar-refractivity contribution in [3.8, 4) is 0 Å². The van der Waals surface area contributed by atoms with Crippen molar-refractivity contribution in [1.82, 2.24) is 10.2 Å². The molecule has 1 unspecified atom stereocenters. The minimum Gasteiger partial charge on any atom is -0.468 e. The SMILES string of the molecule is CCC(NCCCN(C)C)c1ccco1. The summed E-state index contributed by atoms with van der Waals surface area (Å²) in [4.78, 5) is 2.20. The third-order valence-electron chi connectivity index (χ3n) is 2.47. The van der Waals surface area contributed by atoms with Gasteiger partial charge in [0.2, 0.25) is 0 Å². The van der Waals surface area contributed by atoms with Gasteiger partial charge in [0.15, 0.2) is 0 Å². The molecule has 1 N–H and O–H groups in total. The Kier molecular flexibility index (Phi) is 5.43. The Balaban J connectivity index is 2.23. The van der Waals surface area contributed by atoms with Gasteiger partial charge in [0.05, 0.1) is 12.3 Å². The van der Waals surface area contributed by atoms with Gasteiger partial charge in [0, 0.05) is 0 Å². The monoisotopic (exact) mass is 210 g/mol. The van der Waals surface area contributed by atoms with Gasteiger partial charge in [-0.1, -0.05) is 6.92 Å². The van der Waals surface area contributed by atoms with E-state index in [2.05, 4.69) is 31.2 Å². The lowest BCUT2D eigenvalue weighted by molar-refractivity contribution is 0.367. The first kappa shape index (κ1) is 12.3. The molecule has 3 nitrogen and oxygen atoms in total. The summed E-state index contributed by atoms with van der Waals surface area (Å²) in [6.07, 6.45) is 3.97. The first-order valence-electron chi connectivity index (χ1n) is 5.65. The average Bonchev–Trinajstić information content (AvgIpc) is 2.70. The topological polar surface area (TPSA) is 28.4 Å². The summed E-state index contributed by atoms with van der Waals surface area (Å²) < 4.78 is 5.39. The lowest BCUT2D eigenvalue weighted by Gasteiger charge is -2.15. The van der Waals surface area contributed by atoms with Gasteiger partial charge in [-0.2, -0.15) is 0 Å². The Morgan fingerprint density at radius 2 is 2.27 bits per heavy atom. The summed E-state index contributed by atoms with van der Waals surface area (Å²) in [5.41, 5.74) is 0. The molecule has 0 radical (unpaired) electrons. The van der Waals surface area contributed by atoms with Crippen LogP contribution in [0.3, 0.4) is 0 Å². The van der Waals surface area contributed by atoms with Crippen molar-refractivity contribution in [2.75, 3.05) is 27.2 Å². The molecule has 0 aliphatic rings. The van der Waals surface area contributed by atoms with Gasteiger partial charge in [0.25, 0.3) is 0 Å². The first-order chi connectivity index (χ1) is 7.24. The average molecular weight is 210 g/mol. The summed E-state index contributed by atoms with van der Waals surface area (Å²) >= 11 is 0. The second kappa shape index (κ2) is 6.64. The third-order valence-corrected chi connectivity index (χ3v) is 2.47. The Hall–Kier alpha value is -0.800. The van der Waals surface area contributed by atoms with Crippen LogP contribution in [0.2, 0.25) is 0 Å². The van der Waals surface area contributed by atoms with E-state index in [-0.39, 0.29) is 0 Å². The van der Waals surface area contributed by atoms with E-state index < -0.39 is 0 Å². The fourth-order valence-corrected chi connectivity index (χ4v) is 1.61. The van der Waals surface area contributed by atoms with E-state index in [0.717, 1.165) is 25.3 Å². The molecule has 3 heteroatoms. The standard InChI is InChI=1S/C12H22N2O/c1-4-11(12-7-5-10-15-12)13-8-6-9-14(2)3/h5,7,10-11,13H,4,6,8-9H2,1-3H3. The van der Waals surface area contributed by atoms with Gasteiger partial charge >= 0.3 is 0 Å². The van der Waals surface area contributed by atoms with E-state index in [1.54, 1.807) is 6.26 Å². The molecular weight excluding hydrogens is 188 g/mol. The molecule has 0 aliphatic heterocycles. The fourth-order valence-electron chi connectivity index (χ4n) is 1.61. The molecule has 0 fully saturated rings. The van der Waals surface area contributed by atoms with Gasteiger partial charge in [-0.3, -0.25) is 0 Å². The molecule has 1 aromatic heterocycles. The number of furan rings is 1. The molecule has 0 bridgehead atoms. The highest BCUT2D eigenvalue weighted by Crippen LogP contribution is 2.16. The number of rotatable bonds is 7.